The first-order chi connectivity index (χ1) is 10.5. The lowest BCUT2D eigenvalue weighted by Gasteiger charge is -2.46. The van der Waals surface area contributed by atoms with Gasteiger partial charge in [-0.05, 0) is 34.2 Å². The molecule has 120 valence electrons. The molecule has 0 bridgehead atoms. The summed E-state index contributed by atoms with van der Waals surface area (Å²) < 4.78 is 5.86. The quantitative estimate of drug-likeness (QED) is 0.773. The number of fused-ring (bicyclic) bond motifs is 1. The van der Waals surface area contributed by atoms with Gasteiger partial charge in [0.2, 0.25) is 0 Å². The summed E-state index contributed by atoms with van der Waals surface area (Å²) in [4.78, 5) is 26.1. The van der Waals surface area contributed by atoms with Crippen LogP contribution in [0.4, 0.5) is 0 Å². The molecule has 6 nitrogen and oxygen atoms in total. The average molecular weight is 304 g/mol. The van der Waals surface area contributed by atoms with E-state index in [4.69, 9.17) is 4.74 Å². The molecule has 2 saturated heterocycles. The van der Waals surface area contributed by atoms with Gasteiger partial charge in [0, 0.05) is 19.6 Å². The van der Waals surface area contributed by atoms with Crippen molar-refractivity contribution in [3.05, 3.63) is 22.8 Å². The van der Waals surface area contributed by atoms with Crippen LogP contribution in [0, 0.1) is 20.8 Å². The maximum atomic E-state index is 13.0. The van der Waals surface area contributed by atoms with E-state index >= 15 is 0 Å². The molecule has 2 fully saturated rings. The van der Waals surface area contributed by atoms with Gasteiger partial charge in [-0.25, -0.2) is 4.98 Å². The zero-order valence-corrected chi connectivity index (χ0v) is 13.8. The lowest BCUT2D eigenvalue weighted by Crippen LogP contribution is -2.61. The lowest BCUT2D eigenvalue weighted by molar-refractivity contribution is -0.0871. The monoisotopic (exact) mass is 304 g/mol. The van der Waals surface area contributed by atoms with E-state index in [0.717, 1.165) is 30.9 Å². The minimum atomic E-state index is -0.0123. The summed E-state index contributed by atoms with van der Waals surface area (Å²) in [6, 6.07) is 0.114. The molecule has 1 aromatic heterocycles. The predicted octanol–water partition coefficient (Wildman–Crippen LogP) is 0.947. The number of ether oxygens (including phenoxy) is 1. The summed E-state index contributed by atoms with van der Waals surface area (Å²) in [6.07, 6.45) is 1.12. The molecule has 22 heavy (non-hydrogen) atoms. The number of aryl methyl sites for hydroxylation is 3. The molecule has 0 spiro atoms. The Morgan fingerprint density at radius 3 is 2.64 bits per heavy atom. The van der Waals surface area contributed by atoms with E-state index in [1.807, 2.05) is 25.7 Å². The fourth-order valence-electron chi connectivity index (χ4n) is 3.34. The zero-order chi connectivity index (χ0) is 15.9. The molecule has 0 N–H and O–H groups in total. The maximum absolute atomic E-state index is 13.0. The molecule has 1 amide bonds. The lowest BCUT2D eigenvalue weighted by atomic mass is 9.98. The zero-order valence-electron chi connectivity index (χ0n) is 13.8. The molecule has 0 aromatic carbocycles. The molecule has 2 atom stereocenters. The van der Waals surface area contributed by atoms with Crippen LogP contribution >= 0.6 is 0 Å². The summed E-state index contributed by atoms with van der Waals surface area (Å²) >= 11 is 0. The normalized spacial score (nSPS) is 25.9. The SMILES string of the molecule is Cc1nc(C)c(C(=O)N2CCO[C@@H]3CCN(C)C[C@H]32)nc1C. The third kappa shape index (κ3) is 2.73. The van der Waals surface area contributed by atoms with Crippen molar-refractivity contribution in [3.63, 3.8) is 0 Å². The molecule has 0 unspecified atom stereocenters. The van der Waals surface area contributed by atoms with Crippen molar-refractivity contribution in [1.29, 1.82) is 0 Å². The van der Waals surface area contributed by atoms with Crippen LogP contribution in [0.15, 0.2) is 0 Å². The third-order valence-electron chi connectivity index (χ3n) is 4.73. The summed E-state index contributed by atoms with van der Waals surface area (Å²) in [5, 5.41) is 0. The Kier molecular flexibility index (Phi) is 4.14. The van der Waals surface area contributed by atoms with E-state index < -0.39 is 0 Å². The molecule has 6 heteroatoms. The fraction of sp³-hybridized carbons (Fsp3) is 0.688. The van der Waals surface area contributed by atoms with Crippen LogP contribution in [0.3, 0.4) is 0 Å². The second-order valence-corrected chi connectivity index (χ2v) is 6.35. The van der Waals surface area contributed by atoms with E-state index in [1.54, 1.807) is 0 Å². The van der Waals surface area contributed by atoms with Crippen molar-refractivity contribution in [1.82, 2.24) is 19.8 Å². The van der Waals surface area contributed by atoms with Gasteiger partial charge in [0.05, 0.1) is 35.8 Å². The highest BCUT2D eigenvalue weighted by molar-refractivity contribution is 5.93. The van der Waals surface area contributed by atoms with Gasteiger partial charge in [-0.15, -0.1) is 0 Å². The molecule has 0 saturated carbocycles. The smallest absolute Gasteiger partial charge is 0.274 e. The molecular weight excluding hydrogens is 280 g/mol. The second-order valence-electron chi connectivity index (χ2n) is 6.35. The summed E-state index contributed by atoms with van der Waals surface area (Å²) in [6.45, 7) is 8.78. The predicted molar refractivity (Wildman–Crippen MR) is 82.9 cm³/mol. The summed E-state index contributed by atoms with van der Waals surface area (Å²) in [7, 11) is 2.09. The van der Waals surface area contributed by atoms with Crippen LogP contribution in [-0.2, 0) is 4.74 Å². The van der Waals surface area contributed by atoms with Gasteiger partial charge in [0.25, 0.3) is 5.91 Å². The van der Waals surface area contributed by atoms with Crippen molar-refractivity contribution in [2.45, 2.75) is 39.3 Å². The van der Waals surface area contributed by atoms with Crippen LogP contribution in [0.1, 0.15) is 34.0 Å². The molecule has 3 heterocycles. The van der Waals surface area contributed by atoms with Crippen molar-refractivity contribution >= 4 is 5.91 Å². The number of morpholine rings is 1. The first-order valence-electron chi connectivity index (χ1n) is 7.90. The minimum absolute atomic E-state index is 0.0123. The molecule has 0 radical (unpaired) electrons. The van der Waals surface area contributed by atoms with Gasteiger partial charge >= 0.3 is 0 Å². The van der Waals surface area contributed by atoms with E-state index in [0.29, 0.717) is 24.5 Å². The summed E-state index contributed by atoms with van der Waals surface area (Å²) in [5.41, 5.74) is 2.89. The topological polar surface area (TPSA) is 58.6 Å². The molecule has 1 aromatic rings. The largest absolute Gasteiger partial charge is 0.374 e. The molecule has 0 aliphatic carbocycles. The first-order valence-corrected chi connectivity index (χ1v) is 7.90. The second kappa shape index (κ2) is 5.93. The van der Waals surface area contributed by atoms with Crippen LogP contribution in [0.2, 0.25) is 0 Å². The Labute approximate surface area is 131 Å². The maximum Gasteiger partial charge on any atom is 0.274 e. The van der Waals surface area contributed by atoms with Crippen LogP contribution in [0.25, 0.3) is 0 Å². The van der Waals surface area contributed by atoms with Gasteiger partial charge in [0.1, 0.15) is 5.69 Å². The third-order valence-corrected chi connectivity index (χ3v) is 4.73. The van der Waals surface area contributed by atoms with Crippen LogP contribution in [0.5, 0.6) is 0 Å². The number of likely N-dealkylation sites (tertiary alicyclic amines) is 1. The van der Waals surface area contributed by atoms with Crippen molar-refractivity contribution in [2.24, 2.45) is 0 Å². The number of aromatic nitrogens is 2. The molecule has 3 rings (SSSR count). The highest BCUT2D eigenvalue weighted by Crippen LogP contribution is 2.24. The number of carbonyl (C=O) groups excluding carboxylic acids is 1. The van der Waals surface area contributed by atoms with Crippen molar-refractivity contribution in [2.75, 3.05) is 33.3 Å². The number of amides is 1. The van der Waals surface area contributed by atoms with E-state index in [9.17, 15) is 4.79 Å². The van der Waals surface area contributed by atoms with E-state index in [2.05, 4.69) is 21.9 Å². The molecular formula is C16H24N4O2. The Morgan fingerprint density at radius 2 is 1.86 bits per heavy atom. The fourth-order valence-corrected chi connectivity index (χ4v) is 3.34. The average Bonchev–Trinajstić information content (AvgIpc) is 2.49. The Balaban J connectivity index is 1.89. The number of piperidine rings is 1. The van der Waals surface area contributed by atoms with Crippen LogP contribution < -0.4 is 0 Å². The first kappa shape index (κ1) is 15.4. The number of hydrogen-bond donors (Lipinski definition) is 0. The Morgan fingerprint density at radius 1 is 1.14 bits per heavy atom. The number of rotatable bonds is 1. The van der Waals surface area contributed by atoms with Gasteiger partial charge in [0.15, 0.2) is 0 Å². The Hall–Kier alpha value is -1.53. The van der Waals surface area contributed by atoms with Crippen molar-refractivity contribution < 1.29 is 9.53 Å². The number of nitrogens with zero attached hydrogens (tertiary/aromatic N) is 4. The molecule has 2 aliphatic rings. The number of hydrogen-bond acceptors (Lipinski definition) is 5. The van der Waals surface area contributed by atoms with Gasteiger partial charge in [-0.2, -0.15) is 0 Å². The van der Waals surface area contributed by atoms with Gasteiger partial charge in [-0.1, -0.05) is 0 Å². The molecule has 2 aliphatic heterocycles. The Bertz CT molecular complexity index is 590. The number of carbonyl (C=O) groups is 1. The van der Waals surface area contributed by atoms with Gasteiger partial charge < -0.3 is 14.5 Å². The van der Waals surface area contributed by atoms with E-state index in [1.165, 1.54) is 0 Å². The standard InChI is InChI=1S/C16H24N4O2/c1-10-11(2)18-15(12(3)17-10)16(21)20-7-8-22-14-5-6-19(4)9-13(14)20/h13-14H,5-9H2,1-4H3/t13-,14-/m1/s1. The van der Waals surface area contributed by atoms with Crippen LogP contribution in [-0.4, -0.2) is 71.1 Å². The van der Waals surface area contributed by atoms with Gasteiger partial charge in [-0.3, -0.25) is 9.78 Å². The van der Waals surface area contributed by atoms with Crippen molar-refractivity contribution in [3.8, 4) is 0 Å². The minimum Gasteiger partial charge on any atom is -0.374 e. The highest BCUT2D eigenvalue weighted by atomic mass is 16.5. The van der Waals surface area contributed by atoms with E-state index in [-0.39, 0.29) is 18.1 Å². The summed E-state index contributed by atoms with van der Waals surface area (Å²) in [5.74, 6) is -0.0123. The highest BCUT2D eigenvalue weighted by Gasteiger charge is 2.39. The number of likely N-dealkylation sites (N-methyl/N-ethyl adjacent to an activating group) is 1.